The van der Waals surface area contributed by atoms with E-state index in [1.165, 1.54) is 0 Å². The Balaban J connectivity index is 1.77. The number of phenols is 1. The fourth-order valence-corrected chi connectivity index (χ4v) is 3.99. The molecule has 156 valence electrons. The Labute approximate surface area is 172 Å². The largest absolute Gasteiger partial charge is 0.504 e. The molecule has 1 aliphatic rings. The summed E-state index contributed by atoms with van der Waals surface area (Å²) >= 11 is 0. The Morgan fingerprint density at radius 2 is 2.00 bits per heavy atom. The lowest BCUT2D eigenvalue weighted by molar-refractivity contribution is -0.123. The normalized spacial score (nSPS) is 19.1. The van der Waals surface area contributed by atoms with Crippen molar-refractivity contribution in [2.75, 3.05) is 13.7 Å². The second-order valence-electron chi connectivity index (χ2n) is 7.92. The van der Waals surface area contributed by atoms with Crippen LogP contribution in [0.5, 0.6) is 11.5 Å². The number of hydrogen-bond donors (Lipinski definition) is 2. The summed E-state index contributed by atoms with van der Waals surface area (Å²) in [7, 11) is 1.54. The van der Waals surface area contributed by atoms with Crippen LogP contribution in [0.25, 0.3) is 11.1 Å². The third-order valence-corrected chi connectivity index (χ3v) is 5.66. The summed E-state index contributed by atoms with van der Waals surface area (Å²) in [5.74, 6) is 1.34. The van der Waals surface area contributed by atoms with Gasteiger partial charge in [-0.25, -0.2) is 0 Å². The Morgan fingerprint density at radius 3 is 2.66 bits per heavy atom. The molecule has 5 nitrogen and oxygen atoms in total. The van der Waals surface area contributed by atoms with Gasteiger partial charge in [-0.15, -0.1) is 0 Å². The molecule has 0 amide bonds. The first-order valence-corrected chi connectivity index (χ1v) is 10.3. The predicted molar refractivity (Wildman–Crippen MR) is 114 cm³/mol. The van der Waals surface area contributed by atoms with E-state index < -0.39 is 0 Å². The second-order valence-corrected chi connectivity index (χ2v) is 7.92. The van der Waals surface area contributed by atoms with Crippen molar-refractivity contribution in [3.8, 4) is 22.6 Å². The Kier molecular flexibility index (Phi) is 7.29. The molecule has 0 spiro atoms. The van der Waals surface area contributed by atoms with Crippen LogP contribution in [0, 0.1) is 5.92 Å². The van der Waals surface area contributed by atoms with Crippen LogP contribution in [0.1, 0.15) is 43.7 Å². The first-order valence-electron chi connectivity index (χ1n) is 10.3. The van der Waals surface area contributed by atoms with Gasteiger partial charge in [0.1, 0.15) is 5.78 Å². The predicted octanol–water partition coefficient (Wildman–Crippen LogP) is 4.23. The number of nitrogens with two attached hydrogens (primary N) is 1. The summed E-state index contributed by atoms with van der Waals surface area (Å²) in [6.45, 7) is 3.43. The molecule has 3 N–H and O–H groups in total. The molecule has 3 rings (SSSR count). The summed E-state index contributed by atoms with van der Waals surface area (Å²) in [6.07, 6.45) is 3.58. The molecule has 0 unspecified atom stereocenters. The number of carbonyl (C=O) groups excluding carboxylic acids is 1. The molecular weight excluding hydrogens is 366 g/mol. The van der Waals surface area contributed by atoms with Gasteiger partial charge >= 0.3 is 0 Å². The van der Waals surface area contributed by atoms with E-state index in [1.54, 1.807) is 13.2 Å². The van der Waals surface area contributed by atoms with Crippen LogP contribution < -0.4 is 10.5 Å². The van der Waals surface area contributed by atoms with Gasteiger partial charge in [-0.3, -0.25) is 4.79 Å². The van der Waals surface area contributed by atoms with Gasteiger partial charge in [-0.05, 0) is 47.9 Å². The molecule has 1 saturated heterocycles. The van der Waals surface area contributed by atoms with Crippen molar-refractivity contribution >= 4 is 5.78 Å². The maximum Gasteiger partial charge on any atom is 0.168 e. The number of ether oxygens (including phenoxy) is 2. The molecule has 2 aromatic rings. The number of methoxy groups -OCH3 is 1. The lowest BCUT2D eigenvalue weighted by atomic mass is 9.91. The number of rotatable bonds is 8. The summed E-state index contributed by atoms with van der Waals surface area (Å²) < 4.78 is 11.2. The van der Waals surface area contributed by atoms with Crippen LogP contribution in [-0.2, 0) is 22.5 Å². The minimum Gasteiger partial charge on any atom is -0.504 e. The fraction of sp³-hybridized carbons (Fsp3) is 0.458. The zero-order valence-electron chi connectivity index (χ0n) is 17.3. The SMILES string of the molecule is COc1c(O)ccc(CCC(=O)C[C@H]2C[C@H](C)CCO2)c1-c1ccc(CN)cc1. The molecule has 1 fully saturated rings. The van der Waals surface area contributed by atoms with Gasteiger partial charge in [0, 0.05) is 31.6 Å². The van der Waals surface area contributed by atoms with Crippen LogP contribution in [0.15, 0.2) is 36.4 Å². The number of Topliss-reactive ketones (excluding diaryl/α,β-unsaturated/α-hetero) is 1. The molecule has 1 aliphatic heterocycles. The maximum atomic E-state index is 12.6. The van der Waals surface area contributed by atoms with Gasteiger partial charge in [0.2, 0.25) is 0 Å². The van der Waals surface area contributed by atoms with Crippen molar-refractivity contribution < 1.29 is 19.4 Å². The molecule has 0 radical (unpaired) electrons. The van der Waals surface area contributed by atoms with Gasteiger partial charge < -0.3 is 20.3 Å². The molecule has 29 heavy (non-hydrogen) atoms. The average molecular weight is 398 g/mol. The van der Waals surface area contributed by atoms with Crippen molar-refractivity contribution in [1.29, 1.82) is 0 Å². The van der Waals surface area contributed by atoms with Crippen LogP contribution in [0.3, 0.4) is 0 Å². The van der Waals surface area contributed by atoms with Crippen LogP contribution in [0.2, 0.25) is 0 Å². The number of aromatic hydroxyl groups is 1. The number of ketones is 1. The third-order valence-electron chi connectivity index (χ3n) is 5.66. The summed E-state index contributed by atoms with van der Waals surface area (Å²) in [4.78, 5) is 12.6. The van der Waals surface area contributed by atoms with Gasteiger partial charge in [0.15, 0.2) is 11.5 Å². The summed E-state index contributed by atoms with van der Waals surface area (Å²) in [5.41, 5.74) is 9.47. The van der Waals surface area contributed by atoms with E-state index in [-0.39, 0.29) is 17.6 Å². The highest BCUT2D eigenvalue weighted by Crippen LogP contribution is 2.40. The zero-order chi connectivity index (χ0) is 20.8. The number of carbonyl (C=O) groups is 1. The monoisotopic (exact) mass is 397 g/mol. The first-order chi connectivity index (χ1) is 14.0. The van der Waals surface area contributed by atoms with E-state index in [4.69, 9.17) is 15.2 Å². The van der Waals surface area contributed by atoms with E-state index >= 15 is 0 Å². The smallest absolute Gasteiger partial charge is 0.168 e. The molecule has 0 aliphatic carbocycles. The highest BCUT2D eigenvalue weighted by Gasteiger charge is 2.22. The number of phenolic OH excluding ortho intramolecular Hbond substituents is 1. The first kappa shape index (κ1) is 21.3. The molecule has 0 bridgehead atoms. The molecule has 0 saturated carbocycles. The standard InChI is InChI=1S/C24H31NO4/c1-16-11-12-29-21(13-16)14-20(26)9-7-19-8-10-22(27)24(28-2)23(19)18-5-3-17(15-25)4-6-18/h3-6,8,10,16,21,27H,7,9,11-15,25H2,1-2H3/t16-,21-/m1/s1. The van der Waals surface area contributed by atoms with Gasteiger partial charge in [-0.2, -0.15) is 0 Å². The molecule has 5 heteroatoms. The van der Waals surface area contributed by atoms with Crippen LogP contribution >= 0.6 is 0 Å². The van der Waals surface area contributed by atoms with Crippen molar-refractivity contribution in [1.82, 2.24) is 0 Å². The Bertz CT molecular complexity index is 832. The van der Waals surface area contributed by atoms with Crippen molar-refractivity contribution in [2.45, 2.75) is 51.7 Å². The van der Waals surface area contributed by atoms with Crippen LogP contribution in [0.4, 0.5) is 0 Å². The highest BCUT2D eigenvalue weighted by atomic mass is 16.5. The molecule has 2 aromatic carbocycles. The van der Waals surface area contributed by atoms with E-state index in [0.29, 0.717) is 37.5 Å². The Morgan fingerprint density at radius 1 is 1.24 bits per heavy atom. The van der Waals surface area contributed by atoms with Crippen molar-refractivity contribution in [2.24, 2.45) is 11.7 Å². The summed E-state index contributed by atoms with van der Waals surface area (Å²) in [6, 6.07) is 11.4. The lowest BCUT2D eigenvalue weighted by Crippen LogP contribution is -2.26. The number of aryl methyl sites for hydroxylation is 1. The van der Waals surface area contributed by atoms with Gasteiger partial charge in [0.25, 0.3) is 0 Å². The average Bonchev–Trinajstić information content (AvgIpc) is 2.72. The van der Waals surface area contributed by atoms with E-state index in [1.807, 2.05) is 30.3 Å². The fourth-order valence-electron chi connectivity index (χ4n) is 3.99. The third kappa shape index (κ3) is 5.37. The van der Waals surface area contributed by atoms with E-state index in [9.17, 15) is 9.90 Å². The molecule has 0 aromatic heterocycles. The molecule has 1 heterocycles. The number of hydrogen-bond acceptors (Lipinski definition) is 5. The summed E-state index contributed by atoms with van der Waals surface area (Å²) in [5, 5.41) is 10.3. The minimum atomic E-state index is 0.0453. The van der Waals surface area contributed by atoms with Crippen molar-refractivity contribution in [3.63, 3.8) is 0 Å². The maximum absolute atomic E-state index is 12.6. The topological polar surface area (TPSA) is 81.8 Å². The zero-order valence-corrected chi connectivity index (χ0v) is 17.3. The Hall–Kier alpha value is -2.37. The molecular formula is C24H31NO4. The minimum absolute atomic E-state index is 0.0453. The van der Waals surface area contributed by atoms with Gasteiger partial charge in [0.05, 0.1) is 13.2 Å². The second kappa shape index (κ2) is 9.90. The van der Waals surface area contributed by atoms with Crippen LogP contribution in [-0.4, -0.2) is 30.7 Å². The highest BCUT2D eigenvalue weighted by molar-refractivity contribution is 5.81. The number of benzene rings is 2. The van der Waals surface area contributed by atoms with Crippen molar-refractivity contribution in [3.05, 3.63) is 47.5 Å². The van der Waals surface area contributed by atoms with E-state index in [0.717, 1.165) is 41.7 Å². The quantitative estimate of drug-likeness (QED) is 0.696. The van der Waals surface area contributed by atoms with Gasteiger partial charge in [-0.1, -0.05) is 37.3 Å². The lowest BCUT2D eigenvalue weighted by Gasteiger charge is -2.26. The van der Waals surface area contributed by atoms with E-state index in [2.05, 4.69) is 6.92 Å². The molecule has 2 atom stereocenters.